The summed E-state index contributed by atoms with van der Waals surface area (Å²) in [6.45, 7) is 4.10. The second kappa shape index (κ2) is 4.81. The quantitative estimate of drug-likeness (QED) is 0.827. The lowest BCUT2D eigenvalue weighted by molar-refractivity contribution is 0.0957. The standard InChI is InChI=1S/C12H20N2O/c1-10(12-6-4-8-15-12)14-7-3-2-5-11(14)9-13/h4,6,8,10-11H,2-3,5,7,9,13H2,1H3/t10-,11-/m0/s1. The van der Waals surface area contributed by atoms with Gasteiger partial charge in [-0.25, -0.2) is 0 Å². The molecule has 3 heteroatoms. The van der Waals surface area contributed by atoms with Crippen LogP contribution in [0.3, 0.4) is 0 Å². The molecule has 0 radical (unpaired) electrons. The average Bonchev–Trinajstić information content (AvgIpc) is 2.81. The van der Waals surface area contributed by atoms with Crippen molar-refractivity contribution in [3.63, 3.8) is 0 Å². The molecule has 1 aliphatic heterocycles. The fourth-order valence-corrected chi connectivity index (χ4v) is 2.48. The van der Waals surface area contributed by atoms with Gasteiger partial charge in [0.25, 0.3) is 0 Å². The van der Waals surface area contributed by atoms with Crippen LogP contribution in [0.5, 0.6) is 0 Å². The van der Waals surface area contributed by atoms with Gasteiger partial charge in [0.1, 0.15) is 5.76 Å². The Morgan fingerprint density at radius 1 is 1.60 bits per heavy atom. The predicted molar refractivity (Wildman–Crippen MR) is 60.5 cm³/mol. The molecule has 15 heavy (non-hydrogen) atoms. The molecule has 0 bridgehead atoms. The first-order chi connectivity index (χ1) is 7.33. The van der Waals surface area contributed by atoms with E-state index in [-0.39, 0.29) is 0 Å². The van der Waals surface area contributed by atoms with E-state index < -0.39 is 0 Å². The van der Waals surface area contributed by atoms with E-state index in [9.17, 15) is 0 Å². The highest BCUT2D eigenvalue weighted by Crippen LogP contribution is 2.27. The zero-order valence-corrected chi connectivity index (χ0v) is 9.36. The maximum absolute atomic E-state index is 5.81. The molecule has 1 aromatic heterocycles. The highest BCUT2D eigenvalue weighted by atomic mass is 16.3. The third-order valence-corrected chi connectivity index (χ3v) is 3.40. The van der Waals surface area contributed by atoms with Gasteiger partial charge in [-0.15, -0.1) is 0 Å². The summed E-state index contributed by atoms with van der Waals surface area (Å²) in [5.74, 6) is 1.05. The molecular weight excluding hydrogens is 188 g/mol. The first-order valence-electron chi connectivity index (χ1n) is 5.82. The number of likely N-dealkylation sites (tertiary alicyclic amines) is 1. The summed E-state index contributed by atoms with van der Waals surface area (Å²) in [6.07, 6.45) is 5.56. The van der Waals surface area contributed by atoms with E-state index >= 15 is 0 Å². The molecule has 2 N–H and O–H groups in total. The molecule has 0 aliphatic carbocycles. The Bertz CT molecular complexity index is 284. The monoisotopic (exact) mass is 208 g/mol. The molecule has 1 saturated heterocycles. The second-order valence-electron chi connectivity index (χ2n) is 4.31. The summed E-state index contributed by atoms with van der Waals surface area (Å²) < 4.78 is 5.46. The summed E-state index contributed by atoms with van der Waals surface area (Å²) in [4.78, 5) is 2.47. The van der Waals surface area contributed by atoms with Gasteiger partial charge in [-0.3, -0.25) is 4.90 Å². The van der Waals surface area contributed by atoms with E-state index in [2.05, 4.69) is 11.8 Å². The van der Waals surface area contributed by atoms with Crippen LogP contribution in [0.2, 0.25) is 0 Å². The van der Waals surface area contributed by atoms with Gasteiger partial charge in [-0.05, 0) is 38.4 Å². The summed E-state index contributed by atoms with van der Waals surface area (Å²) in [6, 6.07) is 4.88. The summed E-state index contributed by atoms with van der Waals surface area (Å²) in [5, 5.41) is 0. The third-order valence-electron chi connectivity index (χ3n) is 3.40. The van der Waals surface area contributed by atoms with E-state index in [0.29, 0.717) is 12.1 Å². The van der Waals surface area contributed by atoms with Crippen LogP contribution in [0.1, 0.15) is 38.0 Å². The SMILES string of the molecule is C[C@@H](c1ccco1)N1CCCC[C@H]1CN. The van der Waals surface area contributed by atoms with Gasteiger partial charge in [-0.2, -0.15) is 0 Å². The largest absolute Gasteiger partial charge is 0.468 e. The first-order valence-corrected chi connectivity index (χ1v) is 5.82. The van der Waals surface area contributed by atoms with Gasteiger partial charge in [-0.1, -0.05) is 6.42 Å². The highest BCUT2D eigenvalue weighted by molar-refractivity contribution is 5.04. The molecular formula is C12H20N2O. The van der Waals surface area contributed by atoms with Crippen molar-refractivity contribution in [1.82, 2.24) is 4.90 Å². The van der Waals surface area contributed by atoms with E-state index in [1.54, 1.807) is 6.26 Å². The molecule has 3 nitrogen and oxygen atoms in total. The molecule has 1 fully saturated rings. The normalized spacial score (nSPS) is 25.3. The molecule has 0 saturated carbocycles. The lowest BCUT2D eigenvalue weighted by atomic mass is 9.99. The van der Waals surface area contributed by atoms with Crippen molar-refractivity contribution in [2.45, 2.75) is 38.3 Å². The van der Waals surface area contributed by atoms with Crippen molar-refractivity contribution in [1.29, 1.82) is 0 Å². The zero-order chi connectivity index (χ0) is 10.7. The molecule has 2 rings (SSSR count). The predicted octanol–water partition coefficient (Wildman–Crippen LogP) is 2.15. The molecule has 2 atom stereocenters. The first kappa shape index (κ1) is 10.7. The molecule has 2 heterocycles. The summed E-state index contributed by atoms with van der Waals surface area (Å²) in [5.41, 5.74) is 5.81. The van der Waals surface area contributed by atoms with Crippen molar-refractivity contribution < 1.29 is 4.42 Å². The van der Waals surface area contributed by atoms with Gasteiger partial charge >= 0.3 is 0 Å². The minimum atomic E-state index is 0.355. The number of piperidine rings is 1. The van der Waals surface area contributed by atoms with Crippen LogP contribution in [0, 0.1) is 0 Å². The van der Waals surface area contributed by atoms with Crippen LogP contribution in [-0.2, 0) is 0 Å². The van der Waals surface area contributed by atoms with E-state index in [1.807, 2.05) is 12.1 Å². The van der Waals surface area contributed by atoms with Gasteiger partial charge in [0.2, 0.25) is 0 Å². The summed E-state index contributed by atoms with van der Waals surface area (Å²) in [7, 11) is 0. The Hall–Kier alpha value is -0.800. The molecule has 1 aliphatic rings. The van der Waals surface area contributed by atoms with E-state index in [0.717, 1.165) is 18.8 Å². The number of nitrogens with zero attached hydrogens (tertiary/aromatic N) is 1. The molecule has 0 amide bonds. The van der Waals surface area contributed by atoms with Crippen LogP contribution < -0.4 is 5.73 Å². The molecule has 0 aromatic carbocycles. The third kappa shape index (κ3) is 2.24. The zero-order valence-electron chi connectivity index (χ0n) is 9.36. The van der Waals surface area contributed by atoms with Gasteiger partial charge in [0, 0.05) is 12.6 Å². The molecule has 0 spiro atoms. The fraction of sp³-hybridized carbons (Fsp3) is 0.667. The minimum Gasteiger partial charge on any atom is -0.468 e. The van der Waals surface area contributed by atoms with Crippen molar-refractivity contribution in [3.8, 4) is 0 Å². The van der Waals surface area contributed by atoms with Gasteiger partial charge < -0.3 is 10.2 Å². The van der Waals surface area contributed by atoms with Gasteiger partial charge in [0.15, 0.2) is 0 Å². The number of nitrogens with two attached hydrogens (primary N) is 1. The summed E-state index contributed by atoms with van der Waals surface area (Å²) >= 11 is 0. The van der Waals surface area contributed by atoms with Crippen molar-refractivity contribution >= 4 is 0 Å². The van der Waals surface area contributed by atoms with Crippen LogP contribution >= 0.6 is 0 Å². The van der Waals surface area contributed by atoms with Crippen molar-refractivity contribution in [2.75, 3.05) is 13.1 Å². The Balaban J connectivity index is 2.07. The number of furan rings is 1. The number of rotatable bonds is 3. The van der Waals surface area contributed by atoms with Crippen LogP contribution in [0.25, 0.3) is 0 Å². The number of hydrogen-bond donors (Lipinski definition) is 1. The van der Waals surface area contributed by atoms with E-state index in [1.165, 1.54) is 19.3 Å². The lowest BCUT2D eigenvalue weighted by Crippen LogP contribution is -2.45. The van der Waals surface area contributed by atoms with Crippen LogP contribution in [0.15, 0.2) is 22.8 Å². The molecule has 84 valence electrons. The number of hydrogen-bond acceptors (Lipinski definition) is 3. The van der Waals surface area contributed by atoms with Crippen molar-refractivity contribution in [2.24, 2.45) is 5.73 Å². The average molecular weight is 208 g/mol. The Labute approximate surface area is 91.2 Å². The Morgan fingerprint density at radius 3 is 3.13 bits per heavy atom. The second-order valence-corrected chi connectivity index (χ2v) is 4.31. The minimum absolute atomic E-state index is 0.355. The Kier molecular flexibility index (Phi) is 3.44. The van der Waals surface area contributed by atoms with Crippen molar-refractivity contribution in [3.05, 3.63) is 24.2 Å². The van der Waals surface area contributed by atoms with Crippen LogP contribution in [0.4, 0.5) is 0 Å². The van der Waals surface area contributed by atoms with E-state index in [4.69, 9.17) is 10.2 Å². The molecule has 0 unspecified atom stereocenters. The fourth-order valence-electron chi connectivity index (χ4n) is 2.48. The topological polar surface area (TPSA) is 42.4 Å². The molecule has 1 aromatic rings. The lowest BCUT2D eigenvalue weighted by Gasteiger charge is -2.38. The highest BCUT2D eigenvalue weighted by Gasteiger charge is 2.27. The maximum atomic E-state index is 5.81. The maximum Gasteiger partial charge on any atom is 0.120 e. The van der Waals surface area contributed by atoms with Gasteiger partial charge in [0.05, 0.1) is 12.3 Å². The Morgan fingerprint density at radius 2 is 2.47 bits per heavy atom. The smallest absolute Gasteiger partial charge is 0.120 e. The van der Waals surface area contributed by atoms with Crippen LogP contribution in [-0.4, -0.2) is 24.0 Å².